The van der Waals surface area contributed by atoms with Crippen molar-refractivity contribution in [2.75, 3.05) is 39.2 Å². The van der Waals surface area contributed by atoms with Gasteiger partial charge in [-0.2, -0.15) is 22.0 Å². The second kappa shape index (κ2) is 6.10. The molecule has 0 aromatic rings. The number of likely N-dealkylation sites (N-methyl/N-ethyl adjacent to an activating group) is 1. The third kappa shape index (κ3) is 7.34. The molecule has 0 saturated carbocycles. The van der Waals surface area contributed by atoms with Gasteiger partial charge in [-0.1, -0.05) is 0 Å². The number of hydrogen-bond acceptors (Lipinski definition) is 3. The fraction of sp³-hybridized carbons (Fsp3) is 1.00. The van der Waals surface area contributed by atoms with Crippen molar-refractivity contribution in [3.05, 3.63) is 0 Å². The summed E-state index contributed by atoms with van der Waals surface area (Å²) < 4.78 is 84.0. The number of rotatable bonds is 7. The topological polar surface area (TPSA) is 54.4 Å². The Bertz CT molecular complexity index is 414. The minimum absolute atomic E-state index is 0.0366. The highest BCUT2D eigenvalue weighted by atomic mass is 32.2. The van der Waals surface area contributed by atoms with Crippen LogP contribution in [0.3, 0.4) is 0 Å². The van der Waals surface area contributed by atoms with Crippen LogP contribution in [0, 0.1) is 0 Å². The van der Waals surface area contributed by atoms with E-state index in [0.29, 0.717) is 0 Å². The lowest BCUT2D eigenvalue weighted by Crippen LogP contribution is -2.44. The summed E-state index contributed by atoms with van der Waals surface area (Å²) in [4.78, 5) is 0. The maximum absolute atomic E-state index is 12.6. The number of aliphatic hydroxyl groups is 1. The summed E-state index contributed by atoms with van der Waals surface area (Å²) in [6.07, 6.45) is -8.93. The van der Waals surface area contributed by atoms with Crippen LogP contribution in [0.25, 0.3) is 0 Å². The highest BCUT2D eigenvalue weighted by molar-refractivity contribution is 7.91. The van der Waals surface area contributed by atoms with Gasteiger partial charge in [0.1, 0.15) is 12.6 Å². The van der Waals surface area contributed by atoms with Crippen molar-refractivity contribution in [3.8, 4) is 0 Å². The van der Waals surface area contributed by atoms with Crippen LogP contribution in [-0.2, 0) is 9.84 Å². The minimum atomic E-state index is -5.77. The summed E-state index contributed by atoms with van der Waals surface area (Å²) in [6.45, 7) is 0.0366. The predicted molar refractivity (Wildman–Crippen MR) is 63.2 cm³/mol. The van der Waals surface area contributed by atoms with Gasteiger partial charge < -0.3 is 9.59 Å². The van der Waals surface area contributed by atoms with Gasteiger partial charge in [-0.25, -0.2) is 8.42 Å². The maximum atomic E-state index is 12.6. The molecular weight excluding hydrogens is 309 g/mol. The molecule has 0 saturated heterocycles. The smallest absolute Gasteiger partial charge is 0.386 e. The van der Waals surface area contributed by atoms with Crippen molar-refractivity contribution in [1.29, 1.82) is 0 Å². The Morgan fingerprint density at radius 2 is 1.55 bits per heavy atom. The highest BCUT2D eigenvalue weighted by Gasteiger charge is 2.57. The second-order valence-electron chi connectivity index (χ2n) is 5.69. The van der Waals surface area contributed by atoms with Gasteiger partial charge >= 0.3 is 12.1 Å². The zero-order valence-corrected chi connectivity index (χ0v) is 12.2. The van der Waals surface area contributed by atoms with Crippen LogP contribution in [0.4, 0.5) is 22.0 Å². The van der Waals surface area contributed by atoms with E-state index < -0.39 is 46.0 Å². The van der Waals surface area contributed by atoms with Crippen LogP contribution in [-0.4, -0.2) is 75.4 Å². The molecule has 0 fully saturated rings. The van der Waals surface area contributed by atoms with E-state index in [4.69, 9.17) is 0 Å². The first-order chi connectivity index (χ1) is 8.56. The summed E-state index contributed by atoms with van der Waals surface area (Å²) in [6, 6.07) is 0. The summed E-state index contributed by atoms with van der Waals surface area (Å²) in [5.41, 5.74) is 0. The van der Waals surface area contributed by atoms with Crippen LogP contribution in [0.15, 0.2) is 0 Å². The molecule has 0 aliphatic heterocycles. The van der Waals surface area contributed by atoms with E-state index in [-0.39, 0.29) is 11.0 Å². The molecule has 0 rings (SSSR count). The molecule has 0 aromatic heterocycles. The van der Waals surface area contributed by atoms with Gasteiger partial charge in [-0.05, 0) is 0 Å². The SMILES string of the molecule is C[N+](C)(C)CC(O)CS(=O)(=O)CCC(F)(F)C(F)(F)F. The molecule has 1 unspecified atom stereocenters. The Morgan fingerprint density at radius 3 is 1.90 bits per heavy atom. The summed E-state index contributed by atoms with van der Waals surface area (Å²) in [5, 5.41) is 9.51. The largest absolute Gasteiger partial charge is 0.453 e. The van der Waals surface area contributed by atoms with E-state index in [1.807, 2.05) is 0 Å². The van der Waals surface area contributed by atoms with Crippen molar-refractivity contribution in [3.63, 3.8) is 0 Å². The van der Waals surface area contributed by atoms with Gasteiger partial charge in [0.05, 0.1) is 32.6 Å². The molecule has 4 nitrogen and oxygen atoms in total. The molecule has 0 aliphatic carbocycles. The van der Waals surface area contributed by atoms with E-state index in [1.54, 1.807) is 21.1 Å². The zero-order chi connectivity index (χ0) is 16.4. The van der Waals surface area contributed by atoms with Crippen LogP contribution in [0.1, 0.15) is 6.42 Å². The number of quaternary nitrogens is 1. The number of alkyl halides is 5. The fourth-order valence-electron chi connectivity index (χ4n) is 1.49. The van der Waals surface area contributed by atoms with Gasteiger partial charge in [-0.15, -0.1) is 0 Å². The molecule has 0 aliphatic rings. The van der Waals surface area contributed by atoms with E-state index >= 15 is 0 Å². The van der Waals surface area contributed by atoms with Gasteiger partial charge in [0, 0.05) is 6.42 Å². The van der Waals surface area contributed by atoms with Crippen molar-refractivity contribution in [1.82, 2.24) is 0 Å². The van der Waals surface area contributed by atoms with Crippen LogP contribution in [0.2, 0.25) is 0 Å². The number of sulfone groups is 1. The number of nitrogens with zero attached hydrogens (tertiary/aromatic N) is 1. The van der Waals surface area contributed by atoms with E-state index in [9.17, 15) is 35.5 Å². The molecule has 0 radical (unpaired) electrons. The Kier molecular flexibility index (Phi) is 5.96. The Labute approximate surface area is 114 Å². The third-order valence-electron chi connectivity index (χ3n) is 2.35. The van der Waals surface area contributed by atoms with Crippen molar-refractivity contribution < 1.29 is 40.0 Å². The Morgan fingerprint density at radius 1 is 1.10 bits per heavy atom. The quantitative estimate of drug-likeness (QED) is 0.562. The average molecular weight is 328 g/mol. The average Bonchev–Trinajstić information content (AvgIpc) is 2.08. The third-order valence-corrected chi connectivity index (χ3v) is 4.07. The lowest BCUT2D eigenvalue weighted by molar-refractivity contribution is -0.873. The van der Waals surface area contributed by atoms with Gasteiger partial charge in [0.25, 0.3) is 0 Å². The van der Waals surface area contributed by atoms with Gasteiger partial charge in [0.2, 0.25) is 0 Å². The van der Waals surface area contributed by atoms with Crippen molar-refractivity contribution >= 4 is 9.84 Å². The van der Waals surface area contributed by atoms with Crippen molar-refractivity contribution in [2.45, 2.75) is 24.6 Å². The molecule has 0 amide bonds. The van der Waals surface area contributed by atoms with E-state index in [1.165, 1.54) is 0 Å². The standard InChI is InChI=1S/C10H19F5NO3S/c1-16(2,3)6-8(17)7-20(18,19)5-4-9(11,12)10(13,14)15/h8,17H,4-7H2,1-3H3/q+1. The number of aliphatic hydroxyl groups excluding tert-OH is 1. The van der Waals surface area contributed by atoms with E-state index in [2.05, 4.69) is 0 Å². The summed E-state index contributed by atoms with van der Waals surface area (Å²) in [5.74, 6) is -7.21. The molecule has 10 heteroatoms. The molecule has 0 heterocycles. The normalized spacial score (nSPS) is 16.2. The molecule has 122 valence electrons. The van der Waals surface area contributed by atoms with Gasteiger partial charge in [-0.3, -0.25) is 0 Å². The van der Waals surface area contributed by atoms with Crippen LogP contribution >= 0.6 is 0 Å². The Balaban J connectivity index is 4.56. The molecule has 1 atom stereocenters. The maximum Gasteiger partial charge on any atom is 0.453 e. The number of halogens is 5. The van der Waals surface area contributed by atoms with E-state index in [0.717, 1.165) is 0 Å². The molecular formula is C10H19F5NO3S+. The first-order valence-corrected chi connectivity index (χ1v) is 7.51. The number of hydrogen-bond donors (Lipinski definition) is 1. The molecule has 1 N–H and O–H groups in total. The molecule has 0 bridgehead atoms. The zero-order valence-electron chi connectivity index (χ0n) is 11.4. The minimum Gasteiger partial charge on any atom is -0.386 e. The molecule has 0 aromatic carbocycles. The van der Waals surface area contributed by atoms with Crippen molar-refractivity contribution in [2.24, 2.45) is 0 Å². The second-order valence-corrected chi connectivity index (χ2v) is 7.92. The van der Waals surface area contributed by atoms with Crippen LogP contribution in [0.5, 0.6) is 0 Å². The monoisotopic (exact) mass is 328 g/mol. The molecule has 20 heavy (non-hydrogen) atoms. The highest BCUT2D eigenvalue weighted by Crippen LogP contribution is 2.38. The fourth-order valence-corrected chi connectivity index (χ4v) is 2.91. The van der Waals surface area contributed by atoms with Gasteiger partial charge in [0.15, 0.2) is 9.84 Å². The molecule has 0 spiro atoms. The lowest BCUT2D eigenvalue weighted by atomic mass is 10.2. The first-order valence-electron chi connectivity index (χ1n) is 5.69. The predicted octanol–water partition coefficient (Wildman–Crippen LogP) is 1.06. The van der Waals surface area contributed by atoms with Crippen LogP contribution < -0.4 is 0 Å². The lowest BCUT2D eigenvalue weighted by Gasteiger charge is -2.26. The summed E-state index contributed by atoms with van der Waals surface area (Å²) in [7, 11) is 0.836. The Hall–Kier alpha value is -0.480. The summed E-state index contributed by atoms with van der Waals surface area (Å²) >= 11 is 0. The first kappa shape index (κ1) is 19.5.